The van der Waals surface area contributed by atoms with Gasteiger partial charge in [0.15, 0.2) is 0 Å². The molecule has 0 amide bonds. The van der Waals surface area contributed by atoms with Gasteiger partial charge in [-0.05, 0) is 24.6 Å². The molecule has 2 aromatic carbocycles. The fourth-order valence-corrected chi connectivity index (χ4v) is 3.62. The Hall–Kier alpha value is -1.35. The van der Waals surface area contributed by atoms with Gasteiger partial charge in [0.1, 0.15) is 0 Å². The molecule has 118 valence electrons. The average molecular weight is 317 g/mol. The molecule has 0 radical (unpaired) electrons. The van der Waals surface area contributed by atoms with Crippen LogP contribution in [-0.2, 0) is 0 Å². The molecule has 22 heavy (non-hydrogen) atoms. The van der Waals surface area contributed by atoms with Crippen LogP contribution < -0.4 is 12.4 Å². The lowest BCUT2D eigenvalue weighted by Gasteiger charge is -2.46. The van der Waals surface area contributed by atoms with Gasteiger partial charge in [-0.15, -0.1) is 0 Å². The third-order valence-electron chi connectivity index (χ3n) is 4.83. The second-order valence-electron chi connectivity index (χ2n) is 6.11. The zero-order chi connectivity index (χ0) is 14.8. The quantitative estimate of drug-likeness (QED) is 0.886. The number of aliphatic hydroxyl groups is 1. The number of benzene rings is 2. The van der Waals surface area contributed by atoms with Crippen molar-refractivity contribution in [2.75, 3.05) is 7.05 Å². The van der Waals surface area contributed by atoms with Crippen molar-refractivity contribution in [2.24, 2.45) is 5.92 Å². The van der Waals surface area contributed by atoms with E-state index in [0.717, 1.165) is 6.42 Å². The number of hydrogen-bond donors (Lipinski definition) is 1. The summed E-state index contributed by atoms with van der Waals surface area (Å²) in [6, 6.07) is 21.6. The Morgan fingerprint density at radius 1 is 0.909 bits per heavy atom. The normalized spacial score (nSPS) is 28.9. The highest BCUT2D eigenvalue weighted by Gasteiger charge is 2.39. The molecule has 3 heteroatoms. The lowest BCUT2D eigenvalue weighted by Crippen LogP contribution is -3.00. The Morgan fingerprint density at radius 2 is 1.41 bits per heavy atom. The van der Waals surface area contributed by atoms with Crippen molar-refractivity contribution in [3.63, 3.8) is 0 Å². The largest absolute Gasteiger partial charge is 1.00 e. The Morgan fingerprint density at radius 3 is 1.95 bits per heavy atom. The lowest BCUT2D eigenvalue weighted by atomic mass is 9.79. The highest BCUT2D eigenvalue weighted by molar-refractivity contribution is 5.25. The van der Waals surface area contributed by atoms with Crippen LogP contribution in [0.3, 0.4) is 0 Å². The lowest BCUT2D eigenvalue weighted by molar-refractivity contribution is -0.0328. The van der Waals surface area contributed by atoms with E-state index >= 15 is 0 Å². The van der Waals surface area contributed by atoms with E-state index in [1.807, 2.05) is 12.1 Å². The monoisotopic (exact) mass is 316 g/mol. The van der Waals surface area contributed by atoms with Crippen LogP contribution in [0.2, 0.25) is 0 Å². The van der Waals surface area contributed by atoms with Crippen LogP contribution in [0, 0.1) is 5.92 Å². The van der Waals surface area contributed by atoms with E-state index in [1.54, 1.807) is 0 Å². The van der Waals surface area contributed by atoms with E-state index < -0.39 is 0 Å². The fraction of sp³-hybridized carbons (Fsp3) is 0.368. The number of hydrogen-bond acceptors (Lipinski definition) is 2. The molecule has 0 saturated carbocycles. The summed E-state index contributed by atoms with van der Waals surface area (Å²) < 4.78 is 0. The molecule has 1 N–H and O–H groups in total. The molecule has 2 aromatic rings. The van der Waals surface area contributed by atoms with Crippen molar-refractivity contribution in [3.05, 3.63) is 71.8 Å². The number of piperidine rings is 1. The Labute approximate surface area is 139 Å². The number of rotatable bonds is 2. The molecule has 1 heterocycles. The molecule has 4 atom stereocenters. The van der Waals surface area contributed by atoms with Crippen molar-refractivity contribution in [1.29, 1.82) is 0 Å². The van der Waals surface area contributed by atoms with Gasteiger partial charge in [0.25, 0.3) is 0 Å². The van der Waals surface area contributed by atoms with Gasteiger partial charge in [0.05, 0.1) is 6.10 Å². The third-order valence-corrected chi connectivity index (χ3v) is 4.83. The van der Waals surface area contributed by atoms with E-state index in [9.17, 15) is 5.11 Å². The van der Waals surface area contributed by atoms with Gasteiger partial charge in [-0.1, -0.05) is 67.6 Å². The van der Waals surface area contributed by atoms with E-state index in [4.69, 9.17) is 0 Å². The molecule has 0 aromatic heterocycles. The molecule has 1 fully saturated rings. The highest BCUT2D eigenvalue weighted by atomic mass is 35.5. The molecule has 2 nitrogen and oxygen atoms in total. The minimum Gasteiger partial charge on any atom is -1.00 e. The summed E-state index contributed by atoms with van der Waals surface area (Å²) in [5, 5.41) is 10.5. The Kier molecular flexibility index (Phi) is 5.63. The van der Waals surface area contributed by atoms with Crippen LogP contribution in [0.4, 0.5) is 0 Å². The first-order valence-electron chi connectivity index (χ1n) is 7.68. The molecule has 4 unspecified atom stereocenters. The van der Waals surface area contributed by atoms with Crippen LogP contribution >= 0.6 is 0 Å². The van der Waals surface area contributed by atoms with Crippen LogP contribution in [-0.4, -0.2) is 23.2 Å². The Balaban J connectivity index is 0.00000176. The number of aliphatic hydroxyl groups excluding tert-OH is 1. The second-order valence-corrected chi connectivity index (χ2v) is 6.11. The predicted molar refractivity (Wildman–Crippen MR) is 85.9 cm³/mol. The van der Waals surface area contributed by atoms with Crippen molar-refractivity contribution < 1.29 is 17.5 Å². The maximum absolute atomic E-state index is 10.5. The van der Waals surface area contributed by atoms with Gasteiger partial charge in [-0.25, -0.2) is 0 Å². The summed E-state index contributed by atoms with van der Waals surface area (Å²) in [6.07, 6.45) is 0.530. The number of halogens is 1. The van der Waals surface area contributed by atoms with E-state index in [0.29, 0.717) is 0 Å². The smallest absolute Gasteiger partial charge is 0.0602 e. The fourth-order valence-electron chi connectivity index (χ4n) is 3.62. The first-order valence-corrected chi connectivity index (χ1v) is 7.68. The minimum absolute atomic E-state index is 0. The zero-order valence-corrected chi connectivity index (χ0v) is 13.8. The summed E-state index contributed by atoms with van der Waals surface area (Å²) in [6.45, 7) is 2.15. The molecule has 0 bridgehead atoms. The molecule has 1 aliphatic rings. The summed E-state index contributed by atoms with van der Waals surface area (Å²) in [5.74, 6) is 0.234. The van der Waals surface area contributed by atoms with Crippen LogP contribution in [0.5, 0.6) is 0 Å². The average Bonchev–Trinajstić information content (AvgIpc) is 2.53. The van der Waals surface area contributed by atoms with Gasteiger partial charge in [-0.3, -0.25) is 4.90 Å². The van der Waals surface area contributed by atoms with E-state index in [-0.39, 0.29) is 36.5 Å². The summed E-state index contributed by atoms with van der Waals surface area (Å²) in [4.78, 5) is 2.42. The van der Waals surface area contributed by atoms with Gasteiger partial charge < -0.3 is 17.5 Å². The summed E-state index contributed by atoms with van der Waals surface area (Å²) >= 11 is 0. The predicted octanol–water partition coefficient (Wildman–Crippen LogP) is 0.805. The van der Waals surface area contributed by atoms with Crippen LogP contribution in [0.1, 0.15) is 36.6 Å². The zero-order valence-electron chi connectivity index (χ0n) is 13.1. The standard InChI is InChI=1S/C19H23NO.ClH/c1-14-18(21)13-17(15-9-5-3-6-10-15)20(2)19(14)16-11-7-4-8-12-16;/h3-12,14,17-19,21H,13H2,1-2H3;1H/p-1. The van der Waals surface area contributed by atoms with Gasteiger partial charge in [0.2, 0.25) is 0 Å². The Bertz CT molecular complexity index is 575. The van der Waals surface area contributed by atoms with Crippen molar-refractivity contribution >= 4 is 0 Å². The first kappa shape index (κ1) is 17.0. The van der Waals surface area contributed by atoms with Crippen LogP contribution in [0.15, 0.2) is 60.7 Å². The van der Waals surface area contributed by atoms with Crippen LogP contribution in [0.25, 0.3) is 0 Å². The van der Waals surface area contributed by atoms with Crippen molar-refractivity contribution in [3.8, 4) is 0 Å². The van der Waals surface area contributed by atoms with Gasteiger partial charge in [-0.2, -0.15) is 0 Å². The molecule has 1 aliphatic heterocycles. The molecule has 3 rings (SSSR count). The number of nitrogens with zero attached hydrogens (tertiary/aromatic N) is 1. The van der Waals surface area contributed by atoms with E-state index in [2.05, 4.69) is 67.4 Å². The molecule has 1 saturated heterocycles. The first-order chi connectivity index (χ1) is 10.2. The number of likely N-dealkylation sites (tertiary alicyclic amines) is 1. The molecular formula is C19H23ClNO-. The maximum atomic E-state index is 10.5. The van der Waals surface area contributed by atoms with E-state index in [1.165, 1.54) is 11.1 Å². The highest BCUT2D eigenvalue weighted by Crippen LogP contribution is 2.43. The second kappa shape index (κ2) is 7.28. The maximum Gasteiger partial charge on any atom is 0.0602 e. The van der Waals surface area contributed by atoms with Gasteiger partial charge in [0, 0.05) is 18.0 Å². The topological polar surface area (TPSA) is 23.5 Å². The minimum atomic E-state index is -0.267. The molecule has 0 aliphatic carbocycles. The SMILES string of the molecule is CC1C(O)CC(c2ccccc2)N(C)C1c1ccccc1.[Cl-]. The molecular weight excluding hydrogens is 294 g/mol. The van der Waals surface area contributed by atoms with Crippen molar-refractivity contribution in [2.45, 2.75) is 31.5 Å². The third kappa shape index (κ3) is 3.19. The van der Waals surface area contributed by atoms with Gasteiger partial charge >= 0.3 is 0 Å². The summed E-state index contributed by atoms with van der Waals surface area (Å²) in [7, 11) is 2.18. The van der Waals surface area contributed by atoms with Crippen molar-refractivity contribution in [1.82, 2.24) is 4.90 Å². The summed E-state index contributed by atoms with van der Waals surface area (Å²) in [5.41, 5.74) is 2.57. The molecule has 0 spiro atoms.